The molecule has 0 spiro atoms. The Kier molecular flexibility index (Phi) is 32.1. The van der Waals surface area contributed by atoms with Gasteiger partial charge < -0.3 is 34.3 Å². The largest absolute Gasteiger partial charge is 0.457 e. The van der Waals surface area contributed by atoms with Crippen LogP contribution < -0.4 is 0 Å². The van der Waals surface area contributed by atoms with E-state index in [0.29, 0.717) is 13.0 Å². The molecule has 1 aliphatic heterocycles. The number of unbranched alkanes of at least 4 members (excludes halogenated alkanes) is 17. The van der Waals surface area contributed by atoms with Gasteiger partial charge in [-0.05, 0) is 64.2 Å². The average Bonchev–Trinajstić information content (AvgIpc) is 3.15. The molecule has 12 nitrogen and oxygen atoms in total. The van der Waals surface area contributed by atoms with Gasteiger partial charge in [0.1, 0.15) is 30.5 Å². The first-order chi connectivity index (χ1) is 26.6. The highest BCUT2D eigenvalue weighted by Gasteiger charge is 2.48. The van der Waals surface area contributed by atoms with Crippen LogP contribution in [0.3, 0.4) is 0 Å². The molecular formula is C42H76O12S. The number of aliphatic hydroxyl groups is 3. The Hall–Kier alpha value is -1.68. The number of aliphatic hydroxyl groups excluding tert-OH is 3. The van der Waals surface area contributed by atoms with Crippen molar-refractivity contribution in [2.75, 3.05) is 26.4 Å². The predicted octanol–water partition coefficient (Wildman–Crippen LogP) is 8.24. The van der Waals surface area contributed by atoms with Crippen molar-refractivity contribution in [2.24, 2.45) is 0 Å². The molecule has 55 heavy (non-hydrogen) atoms. The lowest BCUT2D eigenvalue weighted by atomic mass is 9.99. The van der Waals surface area contributed by atoms with Crippen LogP contribution in [0.4, 0.5) is 0 Å². The fourth-order valence-electron chi connectivity index (χ4n) is 6.23. The van der Waals surface area contributed by atoms with E-state index in [4.69, 9.17) is 23.5 Å². The lowest BCUT2D eigenvalue weighted by Gasteiger charge is -2.41. The Balaban J connectivity index is 2.48. The summed E-state index contributed by atoms with van der Waals surface area (Å²) in [6.45, 7) is 3.87. The normalized spacial score (nSPS) is 21.3. The highest BCUT2D eigenvalue weighted by molar-refractivity contribution is 7.80. The Bertz CT molecular complexity index is 1110. The molecule has 0 bridgehead atoms. The summed E-state index contributed by atoms with van der Waals surface area (Å²) in [6, 6.07) is 0. The van der Waals surface area contributed by atoms with Crippen LogP contribution in [0.2, 0.25) is 0 Å². The molecule has 6 atom stereocenters. The first-order valence-electron chi connectivity index (χ1n) is 21.2. The summed E-state index contributed by atoms with van der Waals surface area (Å²) in [5.41, 5.74) is 0. The van der Waals surface area contributed by atoms with Crippen molar-refractivity contribution in [3.63, 3.8) is 0 Å². The highest BCUT2D eigenvalue weighted by atomic mass is 32.3. The van der Waals surface area contributed by atoms with Crippen LogP contribution in [0.25, 0.3) is 0 Å². The summed E-state index contributed by atoms with van der Waals surface area (Å²) >= 11 is 0. The number of hydrogen-bond acceptors (Lipinski definition) is 11. The quantitative estimate of drug-likeness (QED) is 0.0207. The van der Waals surface area contributed by atoms with Gasteiger partial charge in [0.05, 0.1) is 19.8 Å². The zero-order valence-corrected chi connectivity index (χ0v) is 34.8. The maximum atomic E-state index is 12.8. The number of hydrogen-bond donors (Lipinski definition) is 4. The van der Waals surface area contributed by atoms with Gasteiger partial charge in [0.2, 0.25) is 0 Å². The minimum absolute atomic E-state index is 0.0262. The van der Waals surface area contributed by atoms with Crippen LogP contribution >= 0.6 is 0 Å². The lowest BCUT2D eigenvalue weighted by Crippen LogP contribution is -2.60. The van der Waals surface area contributed by atoms with E-state index in [2.05, 4.69) is 54.5 Å². The molecule has 1 aliphatic rings. The van der Waals surface area contributed by atoms with E-state index in [1.165, 1.54) is 64.2 Å². The highest BCUT2D eigenvalue weighted by Crippen LogP contribution is 2.26. The molecule has 0 aromatic heterocycles. The van der Waals surface area contributed by atoms with Gasteiger partial charge in [-0.2, -0.15) is 8.42 Å². The summed E-state index contributed by atoms with van der Waals surface area (Å²) in [5.74, 6) is -0.417. The first kappa shape index (κ1) is 51.3. The van der Waals surface area contributed by atoms with Crippen LogP contribution in [0.5, 0.6) is 0 Å². The summed E-state index contributed by atoms with van der Waals surface area (Å²) in [6.07, 6.45) is 28.9. The van der Waals surface area contributed by atoms with E-state index >= 15 is 0 Å². The van der Waals surface area contributed by atoms with Crippen molar-refractivity contribution in [3.05, 3.63) is 36.5 Å². The van der Waals surface area contributed by atoms with Crippen LogP contribution in [-0.2, 0) is 38.3 Å². The van der Waals surface area contributed by atoms with Gasteiger partial charge >= 0.3 is 16.4 Å². The Labute approximate surface area is 333 Å². The molecule has 1 saturated heterocycles. The molecular weight excluding hydrogens is 729 g/mol. The first-order valence-corrected chi connectivity index (χ1v) is 22.6. The van der Waals surface area contributed by atoms with E-state index in [1.807, 2.05) is 0 Å². The summed E-state index contributed by atoms with van der Waals surface area (Å²) in [7, 11) is -5.06. The second-order valence-corrected chi connectivity index (χ2v) is 15.6. The van der Waals surface area contributed by atoms with Gasteiger partial charge in [0, 0.05) is 13.0 Å². The Morgan fingerprint density at radius 1 is 0.691 bits per heavy atom. The summed E-state index contributed by atoms with van der Waals surface area (Å²) in [5, 5.41) is 30.6. The maximum Gasteiger partial charge on any atom is 0.397 e. The van der Waals surface area contributed by atoms with E-state index in [0.717, 1.165) is 70.6 Å². The Morgan fingerprint density at radius 2 is 1.24 bits per heavy atom. The number of carbonyl (C=O) groups is 1. The third-order valence-electron chi connectivity index (χ3n) is 9.47. The lowest BCUT2D eigenvalue weighted by molar-refractivity contribution is -0.301. The smallest absolute Gasteiger partial charge is 0.397 e. The van der Waals surface area contributed by atoms with Crippen LogP contribution in [-0.4, -0.2) is 97.5 Å². The molecule has 322 valence electrons. The molecule has 1 rings (SSSR count). The minimum Gasteiger partial charge on any atom is -0.457 e. The molecule has 13 heteroatoms. The van der Waals surface area contributed by atoms with E-state index in [-0.39, 0.29) is 19.6 Å². The van der Waals surface area contributed by atoms with Gasteiger partial charge in [-0.3, -0.25) is 9.35 Å². The van der Waals surface area contributed by atoms with E-state index in [1.54, 1.807) is 0 Å². The molecule has 1 heterocycles. The van der Waals surface area contributed by atoms with Crippen molar-refractivity contribution < 1.29 is 56.2 Å². The standard InChI is InChI=1S/C42H76O12S/c1-3-5-7-9-11-13-15-17-18-20-22-24-26-28-30-32-50-34-36(35-51-42-40(46)41(54-55(47,48)49)39(45)37(33-43)53-42)52-38(44)31-29-27-25-23-21-19-16-14-12-10-8-6-4-2/h8,10,14-17,36-37,39-43,45-46H,3-7,9,11-13,18-35H2,1-2H3,(H,47,48,49)/b10-8-,16-14-,17-15-. The van der Waals surface area contributed by atoms with Gasteiger partial charge in [-0.15, -0.1) is 0 Å². The summed E-state index contributed by atoms with van der Waals surface area (Å²) in [4.78, 5) is 12.8. The van der Waals surface area contributed by atoms with Gasteiger partial charge in [-0.1, -0.05) is 127 Å². The molecule has 0 amide bonds. The Morgan fingerprint density at radius 3 is 1.82 bits per heavy atom. The monoisotopic (exact) mass is 805 g/mol. The number of esters is 1. The van der Waals surface area contributed by atoms with Crippen LogP contribution in [0, 0.1) is 0 Å². The SMILES string of the molecule is CCC/C=C\C/C=C\CCCCCCCC(=O)OC(COCCCCCCCC/C=C\CCCCCCC)COC1OC(CO)C(O)C(OS(=O)(=O)O)C1O. The number of rotatable bonds is 36. The third kappa shape index (κ3) is 28.4. The topological polar surface area (TPSA) is 178 Å². The van der Waals surface area contributed by atoms with Crippen molar-refractivity contribution >= 4 is 16.4 Å². The predicted molar refractivity (Wildman–Crippen MR) is 216 cm³/mol. The molecule has 0 aromatic carbocycles. The molecule has 1 fully saturated rings. The fraction of sp³-hybridized carbons (Fsp3) is 0.833. The number of carbonyl (C=O) groups excluding carboxylic acids is 1. The van der Waals surface area contributed by atoms with Crippen molar-refractivity contribution in [3.8, 4) is 0 Å². The second kappa shape index (κ2) is 34.4. The average molecular weight is 805 g/mol. The van der Waals surface area contributed by atoms with Crippen molar-refractivity contribution in [1.29, 1.82) is 0 Å². The molecule has 0 radical (unpaired) electrons. The fourth-order valence-corrected chi connectivity index (χ4v) is 6.74. The van der Waals surface area contributed by atoms with Crippen LogP contribution in [0.1, 0.15) is 162 Å². The molecule has 0 saturated carbocycles. The molecule has 4 N–H and O–H groups in total. The zero-order chi connectivity index (χ0) is 40.4. The molecule has 0 aromatic rings. The van der Waals surface area contributed by atoms with Gasteiger partial charge in [0.15, 0.2) is 6.29 Å². The zero-order valence-electron chi connectivity index (χ0n) is 34.0. The van der Waals surface area contributed by atoms with E-state index in [9.17, 15) is 28.5 Å². The summed E-state index contributed by atoms with van der Waals surface area (Å²) < 4.78 is 58.9. The second-order valence-electron chi connectivity index (χ2n) is 14.6. The molecule has 0 aliphatic carbocycles. The number of allylic oxidation sites excluding steroid dienone is 6. The van der Waals surface area contributed by atoms with Gasteiger partial charge in [-0.25, -0.2) is 4.18 Å². The van der Waals surface area contributed by atoms with Gasteiger partial charge in [0.25, 0.3) is 0 Å². The maximum absolute atomic E-state index is 12.8. The van der Waals surface area contributed by atoms with Crippen molar-refractivity contribution in [1.82, 2.24) is 0 Å². The van der Waals surface area contributed by atoms with E-state index < -0.39 is 59.8 Å². The molecule has 6 unspecified atom stereocenters. The van der Waals surface area contributed by atoms with Crippen LogP contribution in [0.15, 0.2) is 36.5 Å². The van der Waals surface area contributed by atoms with Crippen molar-refractivity contribution in [2.45, 2.75) is 198 Å². The number of ether oxygens (including phenoxy) is 4. The third-order valence-corrected chi connectivity index (χ3v) is 9.93. The minimum atomic E-state index is -5.06.